The average molecular weight is 305 g/mol. The van der Waals surface area contributed by atoms with E-state index in [1.54, 1.807) is 0 Å². The van der Waals surface area contributed by atoms with E-state index in [-0.39, 0.29) is 4.31 Å². The SMILES string of the molecule is O=C1CN(S(=O)(=O)NCC(F)(F)F)C(C(=O)O)CN1. The van der Waals surface area contributed by atoms with Gasteiger partial charge in [0.25, 0.3) is 10.2 Å². The van der Waals surface area contributed by atoms with Crippen molar-refractivity contribution in [2.45, 2.75) is 12.2 Å². The van der Waals surface area contributed by atoms with Crippen molar-refractivity contribution in [1.82, 2.24) is 14.3 Å². The van der Waals surface area contributed by atoms with Crippen LogP contribution in [0.4, 0.5) is 13.2 Å². The fraction of sp³-hybridized carbons (Fsp3) is 0.714. The molecule has 0 aromatic carbocycles. The Morgan fingerprint density at radius 1 is 1.53 bits per heavy atom. The lowest BCUT2D eigenvalue weighted by atomic mass is 10.2. The molecular weight excluding hydrogens is 295 g/mol. The molecule has 0 bridgehead atoms. The van der Waals surface area contributed by atoms with E-state index < -0.39 is 53.9 Å². The molecule has 1 aliphatic rings. The second-order valence-corrected chi connectivity index (χ2v) is 5.35. The van der Waals surface area contributed by atoms with E-state index in [4.69, 9.17) is 5.11 Å². The minimum absolute atomic E-state index is 0.180. The number of rotatable bonds is 4. The van der Waals surface area contributed by atoms with Gasteiger partial charge in [-0.1, -0.05) is 0 Å². The first-order chi connectivity index (χ1) is 8.53. The standard InChI is InChI=1S/C7H10F3N3O5S/c8-7(9,10)3-12-19(17,18)13-2-5(14)11-1-4(13)6(15)16/h4,12H,1-3H2,(H,11,14)(H,15,16). The number of carbonyl (C=O) groups is 2. The third-order valence-corrected chi connectivity index (χ3v) is 3.70. The van der Waals surface area contributed by atoms with Gasteiger partial charge in [-0.05, 0) is 0 Å². The van der Waals surface area contributed by atoms with Gasteiger partial charge in [0, 0.05) is 6.54 Å². The van der Waals surface area contributed by atoms with Gasteiger partial charge in [-0.2, -0.15) is 30.6 Å². The zero-order chi connectivity index (χ0) is 14.8. The van der Waals surface area contributed by atoms with Crippen molar-refractivity contribution in [3.63, 3.8) is 0 Å². The maximum atomic E-state index is 11.9. The van der Waals surface area contributed by atoms with Crippen molar-refractivity contribution < 1.29 is 36.3 Å². The van der Waals surface area contributed by atoms with Gasteiger partial charge >= 0.3 is 12.1 Å². The second kappa shape index (κ2) is 5.30. The number of piperazine rings is 1. The lowest BCUT2D eigenvalue weighted by molar-refractivity contribution is -0.143. The number of amides is 1. The van der Waals surface area contributed by atoms with E-state index in [0.717, 1.165) is 0 Å². The Labute approximate surface area is 105 Å². The van der Waals surface area contributed by atoms with Gasteiger partial charge in [0.2, 0.25) is 5.91 Å². The first-order valence-electron chi connectivity index (χ1n) is 4.85. The highest BCUT2D eigenvalue weighted by Gasteiger charge is 2.41. The van der Waals surface area contributed by atoms with Crippen LogP contribution < -0.4 is 10.0 Å². The number of carboxylic acid groups (broad SMARTS) is 1. The highest BCUT2D eigenvalue weighted by atomic mass is 32.2. The quantitative estimate of drug-likeness (QED) is 0.571. The molecule has 1 aliphatic heterocycles. The van der Waals surface area contributed by atoms with Gasteiger partial charge < -0.3 is 10.4 Å². The van der Waals surface area contributed by atoms with Gasteiger partial charge in [-0.3, -0.25) is 9.59 Å². The molecule has 8 nitrogen and oxygen atoms in total. The molecule has 1 amide bonds. The van der Waals surface area contributed by atoms with Gasteiger partial charge in [-0.25, -0.2) is 0 Å². The monoisotopic (exact) mass is 305 g/mol. The molecule has 0 spiro atoms. The molecule has 3 N–H and O–H groups in total. The number of carboxylic acids is 1. The van der Waals surface area contributed by atoms with Crippen molar-refractivity contribution >= 4 is 22.1 Å². The van der Waals surface area contributed by atoms with Crippen LogP contribution in [0.3, 0.4) is 0 Å². The summed E-state index contributed by atoms with van der Waals surface area (Å²) in [5.74, 6) is -2.37. The first-order valence-corrected chi connectivity index (χ1v) is 6.29. The number of hydrogen-bond donors (Lipinski definition) is 3. The molecule has 0 saturated carbocycles. The maximum absolute atomic E-state index is 11.9. The van der Waals surface area contributed by atoms with E-state index in [1.165, 1.54) is 4.72 Å². The Morgan fingerprint density at radius 3 is 2.58 bits per heavy atom. The molecule has 1 heterocycles. The molecular formula is C7H10F3N3O5S. The highest BCUT2D eigenvalue weighted by molar-refractivity contribution is 7.87. The number of halogens is 3. The number of hydrogen-bond acceptors (Lipinski definition) is 4. The number of nitrogens with zero attached hydrogens (tertiary/aromatic N) is 1. The van der Waals surface area contributed by atoms with E-state index in [2.05, 4.69) is 5.32 Å². The van der Waals surface area contributed by atoms with Gasteiger partial charge in [0.05, 0.1) is 6.54 Å². The van der Waals surface area contributed by atoms with Gasteiger partial charge in [0.1, 0.15) is 12.6 Å². The second-order valence-electron chi connectivity index (χ2n) is 3.64. The number of aliphatic carboxylic acids is 1. The van der Waals surface area contributed by atoms with E-state index >= 15 is 0 Å². The van der Waals surface area contributed by atoms with Crippen LogP contribution in [-0.2, 0) is 19.8 Å². The fourth-order valence-electron chi connectivity index (χ4n) is 1.34. The first kappa shape index (κ1) is 15.7. The molecule has 1 rings (SSSR count). The van der Waals surface area contributed by atoms with Crippen molar-refractivity contribution in [1.29, 1.82) is 0 Å². The van der Waals surface area contributed by atoms with Crippen LogP contribution in [0.1, 0.15) is 0 Å². The Bertz CT molecular complexity index is 477. The molecule has 0 aromatic heterocycles. The molecule has 0 aliphatic carbocycles. The van der Waals surface area contributed by atoms with Crippen LogP contribution in [0.25, 0.3) is 0 Å². The van der Waals surface area contributed by atoms with Gasteiger partial charge in [0.15, 0.2) is 0 Å². The van der Waals surface area contributed by atoms with Crippen LogP contribution in [0.2, 0.25) is 0 Å². The zero-order valence-electron chi connectivity index (χ0n) is 9.27. The van der Waals surface area contributed by atoms with Crippen molar-refractivity contribution in [3.8, 4) is 0 Å². The topological polar surface area (TPSA) is 116 Å². The minimum atomic E-state index is -4.79. The largest absolute Gasteiger partial charge is 0.480 e. The zero-order valence-corrected chi connectivity index (χ0v) is 10.1. The molecule has 0 radical (unpaired) electrons. The summed E-state index contributed by atoms with van der Waals surface area (Å²) >= 11 is 0. The predicted molar refractivity (Wildman–Crippen MR) is 54.1 cm³/mol. The van der Waals surface area contributed by atoms with Crippen molar-refractivity contribution in [2.24, 2.45) is 0 Å². The summed E-state index contributed by atoms with van der Waals surface area (Å²) in [6, 6.07) is -1.65. The molecule has 110 valence electrons. The smallest absolute Gasteiger partial charge is 0.402 e. The number of carbonyl (C=O) groups excluding carboxylic acids is 1. The highest BCUT2D eigenvalue weighted by Crippen LogP contribution is 2.15. The summed E-state index contributed by atoms with van der Waals surface area (Å²) in [6.45, 7) is -3.22. The predicted octanol–water partition coefficient (Wildman–Crippen LogP) is -1.73. The van der Waals surface area contributed by atoms with Crippen molar-refractivity contribution in [2.75, 3.05) is 19.6 Å². The summed E-state index contributed by atoms with van der Waals surface area (Å²) in [5.41, 5.74) is 0. The lowest BCUT2D eigenvalue weighted by Gasteiger charge is -2.31. The molecule has 12 heteroatoms. The van der Waals surface area contributed by atoms with Crippen LogP contribution in [0, 0.1) is 0 Å². The summed E-state index contributed by atoms with van der Waals surface area (Å²) in [5, 5.41) is 10.9. The summed E-state index contributed by atoms with van der Waals surface area (Å²) in [6.07, 6.45) is -4.79. The summed E-state index contributed by atoms with van der Waals surface area (Å²) in [4.78, 5) is 21.8. The summed E-state index contributed by atoms with van der Waals surface area (Å²) < 4.78 is 60.3. The third kappa shape index (κ3) is 4.33. The van der Waals surface area contributed by atoms with Gasteiger partial charge in [-0.15, -0.1) is 0 Å². The fourth-order valence-corrected chi connectivity index (χ4v) is 2.64. The lowest BCUT2D eigenvalue weighted by Crippen LogP contribution is -2.61. The number of alkyl halides is 3. The van der Waals surface area contributed by atoms with E-state index in [0.29, 0.717) is 0 Å². The molecule has 1 atom stereocenters. The van der Waals surface area contributed by atoms with E-state index in [1.807, 2.05) is 0 Å². The molecule has 1 fully saturated rings. The Kier molecular flexibility index (Phi) is 4.37. The van der Waals surface area contributed by atoms with Crippen molar-refractivity contribution in [3.05, 3.63) is 0 Å². The molecule has 1 unspecified atom stereocenters. The summed E-state index contributed by atoms with van der Waals surface area (Å²) in [7, 11) is -4.72. The maximum Gasteiger partial charge on any atom is 0.402 e. The van der Waals surface area contributed by atoms with E-state index in [9.17, 15) is 31.2 Å². The Balaban J connectivity index is 2.89. The third-order valence-electron chi connectivity index (χ3n) is 2.19. The van der Waals surface area contributed by atoms with Crippen LogP contribution in [0.15, 0.2) is 0 Å². The Morgan fingerprint density at radius 2 is 2.11 bits per heavy atom. The van der Waals surface area contributed by atoms with Crippen LogP contribution in [0.5, 0.6) is 0 Å². The Hall–Kier alpha value is -1.40. The normalized spacial score (nSPS) is 22.1. The minimum Gasteiger partial charge on any atom is -0.480 e. The molecule has 1 saturated heterocycles. The average Bonchev–Trinajstić information content (AvgIpc) is 2.25. The molecule has 19 heavy (non-hydrogen) atoms. The number of nitrogens with one attached hydrogen (secondary N) is 2. The molecule has 0 aromatic rings. The van der Waals surface area contributed by atoms with Crippen LogP contribution >= 0.6 is 0 Å². The van der Waals surface area contributed by atoms with Crippen LogP contribution in [-0.4, -0.2) is 61.6 Å².